The first-order valence-corrected chi connectivity index (χ1v) is 7.33. The number of fused-ring (bicyclic) bond motifs is 1. The smallest absolute Gasteiger partial charge is 0.326 e. The number of ether oxygens (including phenoxy) is 1. The summed E-state index contributed by atoms with van der Waals surface area (Å²) in [7, 11) is -4.49. The SMILES string of the molecule is CCOC(=O)CN1C(=O)C(=O)c2cc(S(=O)(=O)O)ccc21. The number of hydrogen-bond acceptors (Lipinski definition) is 6. The predicted octanol–water partition coefficient (Wildman–Crippen LogP) is 0.0257. The number of ketones is 1. The number of hydrogen-bond donors (Lipinski definition) is 1. The number of nitrogens with zero attached hydrogens (tertiary/aromatic N) is 1. The Morgan fingerprint density at radius 2 is 2.00 bits per heavy atom. The lowest BCUT2D eigenvalue weighted by molar-refractivity contribution is -0.142. The van der Waals surface area contributed by atoms with Crippen LogP contribution < -0.4 is 4.90 Å². The molecule has 0 bridgehead atoms. The Kier molecular flexibility index (Phi) is 3.79. The van der Waals surface area contributed by atoms with Gasteiger partial charge >= 0.3 is 5.97 Å². The molecule has 0 fully saturated rings. The van der Waals surface area contributed by atoms with Gasteiger partial charge in [-0.3, -0.25) is 23.8 Å². The third kappa shape index (κ3) is 2.78. The number of rotatable bonds is 4. The van der Waals surface area contributed by atoms with E-state index in [-0.39, 0.29) is 17.9 Å². The average molecular weight is 313 g/mol. The fourth-order valence-corrected chi connectivity index (χ4v) is 2.44. The minimum atomic E-state index is -4.49. The summed E-state index contributed by atoms with van der Waals surface area (Å²) in [6.45, 7) is 1.28. The van der Waals surface area contributed by atoms with Gasteiger partial charge in [0.2, 0.25) is 0 Å². The molecule has 0 aromatic heterocycles. The molecule has 0 aliphatic carbocycles. The Morgan fingerprint density at radius 1 is 1.33 bits per heavy atom. The van der Waals surface area contributed by atoms with Crippen molar-refractivity contribution in [3.8, 4) is 0 Å². The van der Waals surface area contributed by atoms with E-state index in [1.54, 1.807) is 6.92 Å². The van der Waals surface area contributed by atoms with Crippen LogP contribution in [0.3, 0.4) is 0 Å². The zero-order valence-electron chi connectivity index (χ0n) is 10.9. The maximum atomic E-state index is 11.8. The molecule has 0 spiro atoms. The van der Waals surface area contributed by atoms with Crippen molar-refractivity contribution in [1.29, 1.82) is 0 Å². The van der Waals surface area contributed by atoms with Gasteiger partial charge in [-0.2, -0.15) is 8.42 Å². The Bertz CT molecular complexity index is 738. The van der Waals surface area contributed by atoms with E-state index >= 15 is 0 Å². The minimum absolute atomic E-state index is 0.102. The second-order valence-corrected chi connectivity index (χ2v) is 5.60. The lowest BCUT2D eigenvalue weighted by Gasteiger charge is -2.15. The number of Topliss-reactive ketones (excluding diaryl/α,β-unsaturated/α-hetero) is 1. The zero-order valence-corrected chi connectivity index (χ0v) is 11.7. The molecule has 1 aliphatic heterocycles. The molecule has 0 radical (unpaired) electrons. The van der Waals surface area contributed by atoms with Crippen LogP contribution in [0.1, 0.15) is 17.3 Å². The van der Waals surface area contributed by atoms with Crippen LogP contribution in [0.15, 0.2) is 23.1 Å². The Labute approximate surface area is 120 Å². The Balaban J connectivity index is 2.42. The van der Waals surface area contributed by atoms with E-state index in [4.69, 9.17) is 9.29 Å². The molecular formula is C12H11NO7S. The molecule has 1 N–H and O–H groups in total. The molecular weight excluding hydrogens is 302 g/mol. The van der Waals surface area contributed by atoms with Crippen LogP contribution in [0, 0.1) is 0 Å². The summed E-state index contributed by atoms with van der Waals surface area (Å²) in [5, 5.41) is 0. The van der Waals surface area contributed by atoms with Crippen LogP contribution in [0.25, 0.3) is 0 Å². The first kappa shape index (κ1) is 15.1. The molecule has 1 aromatic carbocycles. The van der Waals surface area contributed by atoms with E-state index in [0.29, 0.717) is 0 Å². The molecule has 0 saturated heterocycles. The Hall–Kier alpha value is -2.26. The standard InChI is InChI=1S/C12H11NO7S/c1-2-20-10(14)6-13-9-4-3-7(21(17,18)19)5-8(9)11(15)12(13)16/h3-5H,2,6H2,1H3,(H,17,18,19). The van der Waals surface area contributed by atoms with E-state index in [1.807, 2.05) is 0 Å². The summed E-state index contributed by atoms with van der Waals surface area (Å²) in [6, 6.07) is 3.12. The van der Waals surface area contributed by atoms with Crippen molar-refractivity contribution < 1.29 is 32.1 Å². The van der Waals surface area contributed by atoms with E-state index in [1.165, 1.54) is 6.07 Å². The summed E-state index contributed by atoms with van der Waals surface area (Å²) in [4.78, 5) is 35.5. The number of benzene rings is 1. The van der Waals surface area contributed by atoms with Crippen molar-refractivity contribution in [2.45, 2.75) is 11.8 Å². The van der Waals surface area contributed by atoms with Crippen LogP contribution in [-0.4, -0.2) is 43.8 Å². The molecule has 9 heteroatoms. The lowest BCUT2D eigenvalue weighted by Crippen LogP contribution is -2.35. The summed E-state index contributed by atoms with van der Waals surface area (Å²) < 4.78 is 35.7. The largest absolute Gasteiger partial charge is 0.465 e. The number of esters is 1. The topological polar surface area (TPSA) is 118 Å². The summed E-state index contributed by atoms with van der Waals surface area (Å²) in [5.41, 5.74) is -0.0788. The molecule has 0 saturated carbocycles. The maximum absolute atomic E-state index is 11.8. The Morgan fingerprint density at radius 3 is 2.57 bits per heavy atom. The summed E-state index contributed by atoms with van der Waals surface area (Å²) in [5.74, 6) is -2.59. The van der Waals surface area contributed by atoms with Crippen LogP contribution in [0.4, 0.5) is 5.69 Å². The second-order valence-electron chi connectivity index (χ2n) is 4.18. The number of carbonyl (C=O) groups is 3. The van der Waals surface area contributed by atoms with Crippen molar-refractivity contribution in [3.05, 3.63) is 23.8 Å². The van der Waals surface area contributed by atoms with Crippen LogP contribution in [-0.2, 0) is 24.4 Å². The van der Waals surface area contributed by atoms with Crippen molar-refractivity contribution >= 4 is 33.5 Å². The van der Waals surface area contributed by atoms with Crippen molar-refractivity contribution in [2.75, 3.05) is 18.1 Å². The molecule has 1 heterocycles. The first-order valence-electron chi connectivity index (χ1n) is 5.89. The average Bonchev–Trinajstić information content (AvgIpc) is 2.63. The van der Waals surface area contributed by atoms with Crippen molar-refractivity contribution in [2.24, 2.45) is 0 Å². The molecule has 0 unspecified atom stereocenters. The molecule has 8 nitrogen and oxygen atoms in total. The number of amides is 1. The molecule has 112 valence electrons. The van der Waals surface area contributed by atoms with Gasteiger partial charge in [0.15, 0.2) is 0 Å². The predicted molar refractivity (Wildman–Crippen MR) is 69.6 cm³/mol. The van der Waals surface area contributed by atoms with Crippen LogP contribution in [0.5, 0.6) is 0 Å². The quantitative estimate of drug-likeness (QED) is 0.473. The molecule has 0 atom stereocenters. The van der Waals surface area contributed by atoms with E-state index in [9.17, 15) is 22.8 Å². The van der Waals surface area contributed by atoms with Gasteiger partial charge in [0, 0.05) is 0 Å². The first-order chi connectivity index (χ1) is 9.75. The third-order valence-corrected chi connectivity index (χ3v) is 3.68. The number of carbonyl (C=O) groups excluding carboxylic acids is 3. The molecule has 21 heavy (non-hydrogen) atoms. The summed E-state index contributed by atoms with van der Waals surface area (Å²) >= 11 is 0. The highest BCUT2D eigenvalue weighted by atomic mass is 32.2. The second kappa shape index (κ2) is 5.26. The number of anilines is 1. The highest BCUT2D eigenvalue weighted by molar-refractivity contribution is 7.85. The fraction of sp³-hybridized carbons (Fsp3) is 0.250. The van der Waals surface area contributed by atoms with Gasteiger partial charge in [-0.25, -0.2) is 0 Å². The zero-order chi connectivity index (χ0) is 15.8. The van der Waals surface area contributed by atoms with Gasteiger partial charge < -0.3 is 4.74 Å². The molecule has 1 aliphatic rings. The molecule has 1 aromatic rings. The van der Waals surface area contributed by atoms with Gasteiger partial charge in [-0.1, -0.05) is 0 Å². The van der Waals surface area contributed by atoms with E-state index < -0.39 is 39.2 Å². The van der Waals surface area contributed by atoms with Crippen molar-refractivity contribution in [3.63, 3.8) is 0 Å². The fourth-order valence-electron chi connectivity index (χ4n) is 1.93. The lowest BCUT2D eigenvalue weighted by atomic mass is 10.1. The minimum Gasteiger partial charge on any atom is -0.465 e. The van der Waals surface area contributed by atoms with Crippen LogP contribution in [0.2, 0.25) is 0 Å². The van der Waals surface area contributed by atoms with Gasteiger partial charge in [-0.15, -0.1) is 0 Å². The van der Waals surface area contributed by atoms with Gasteiger partial charge in [-0.05, 0) is 25.1 Å². The molecule has 1 amide bonds. The maximum Gasteiger partial charge on any atom is 0.326 e. The summed E-state index contributed by atoms with van der Waals surface area (Å²) in [6.07, 6.45) is 0. The van der Waals surface area contributed by atoms with Gasteiger partial charge in [0.25, 0.3) is 21.8 Å². The van der Waals surface area contributed by atoms with Crippen molar-refractivity contribution in [1.82, 2.24) is 0 Å². The van der Waals surface area contributed by atoms with E-state index in [2.05, 4.69) is 0 Å². The van der Waals surface area contributed by atoms with Gasteiger partial charge in [0.1, 0.15) is 6.54 Å². The highest BCUT2D eigenvalue weighted by Crippen LogP contribution is 2.30. The monoisotopic (exact) mass is 313 g/mol. The normalized spacial score (nSPS) is 14.3. The highest BCUT2D eigenvalue weighted by Gasteiger charge is 2.37. The van der Waals surface area contributed by atoms with E-state index in [0.717, 1.165) is 17.0 Å². The van der Waals surface area contributed by atoms with Crippen LogP contribution >= 0.6 is 0 Å². The van der Waals surface area contributed by atoms with Gasteiger partial charge in [0.05, 0.1) is 22.8 Å². The molecule has 2 rings (SSSR count). The third-order valence-electron chi connectivity index (χ3n) is 2.83.